The summed E-state index contributed by atoms with van der Waals surface area (Å²) in [6.45, 7) is 1.07. The van der Waals surface area contributed by atoms with Gasteiger partial charge in [-0.15, -0.1) is 0 Å². The van der Waals surface area contributed by atoms with Crippen LogP contribution in [-0.4, -0.2) is 21.8 Å². The van der Waals surface area contributed by atoms with Gasteiger partial charge in [-0.1, -0.05) is 17.7 Å². The van der Waals surface area contributed by atoms with Crippen molar-refractivity contribution < 1.29 is 13.6 Å². The number of carbonyl (C=O) groups is 1. The topological polar surface area (TPSA) is 45.2 Å². The Morgan fingerprint density at radius 2 is 1.73 bits per heavy atom. The zero-order valence-electron chi connectivity index (χ0n) is 16.1. The van der Waals surface area contributed by atoms with E-state index in [1.54, 1.807) is 42.6 Å². The Kier molecular flexibility index (Phi) is 6.06. The molecule has 3 aromatic rings. The second-order valence-corrected chi connectivity index (χ2v) is 7.86. The van der Waals surface area contributed by atoms with Crippen LogP contribution in [0, 0.1) is 11.6 Å². The second kappa shape index (κ2) is 8.90. The number of anilines is 1. The molecule has 0 unspecified atom stereocenters. The number of hydrogen-bond acceptors (Lipinski definition) is 3. The van der Waals surface area contributed by atoms with E-state index >= 15 is 0 Å². The van der Waals surface area contributed by atoms with Crippen molar-refractivity contribution in [3.05, 3.63) is 94.3 Å². The molecule has 1 heterocycles. The van der Waals surface area contributed by atoms with Gasteiger partial charge in [0, 0.05) is 42.2 Å². The number of rotatable bonds is 7. The number of aromatic nitrogens is 1. The monoisotopic (exact) mass is 427 g/mol. The summed E-state index contributed by atoms with van der Waals surface area (Å²) in [5.74, 6) is -1.95. The molecule has 1 aromatic heterocycles. The van der Waals surface area contributed by atoms with Crippen LogP contribution in [0.15, 0.2) is 60.9 Å². The van der Waals surface area contributed by atoms with Crippen LogP contribution < -0.4 is 5.32 Å². The summed E-state index contributed by atoms with van der Waals surface area (Å²) in [5, 5.41) is 3.42. The number of nitrogens with zero attached hydrogens (tertiary/aromatic N) is 2. The van der Waals surface area contributed by atoms with Crippen molar-refractivity contribution in [1.82, 2.24) is 9.88 Å². The Labute approximate surface area is 178 Å². The van der Waals surface area contributed by atoms with Crippen molar-refractivity contribution in [2.45, 2.75) is 32.0 Å². The van der Waals surface area contributed by atoms with E-state index in [4.69, 9.17) is 11.6 Å². The Morgan fingerprint density at radius 1 is 1.00 bits per heavy atom. The smallest absolute Gasteiger partial charge is 0.257 e. The third-order valence-corrected chi connectivity index (χ3v) is 5.23. The minimum Gasteiger partial charge on any atom is -0.322 e. The van der Waals surface area contributed by atoms with Crippen LogP contribution in [-0.2, 0) is 13.1 Å². The number of benzene rings is 2. The molecular formula is C23H20ClF2N3O. The van der Waals surface area contributed by atoms with E-state index in [-0.39, 0.29) is 5.91 Å². The minimum absolute atomic E-state index is 0.259. The van der Waals surface area contributed by atoms with Crippen molar-refractivity contribution in [3.63, 3.8) is 0 Å². The van der Waals surface area contributed by atoms with Crippen molar-refractivity contribution in [2.75, 3.05) is 5.32 Å². The van der Waals surface area contributed by atoms with E-state index in [9.17, 15) is 13.6 Å². The number of amides is 1. The van der Waals surface area contributed by atoms with Crippen LogP contribution >= 0.6 is 11.6 Å². The van der Waals surface area contributed by atoms with E-state index < -0.39 is 11.6 Å². The van der Waals surface area contributed by atoms with Crippen LogP contribution in [0.1, 0.15) is 34.3 Å². The third-order valence-electron chi connectivity index (χ3n) is 4.98. The summed E-state index contributed by atoms with van der Waals surface area (Å²) in [4.78, 5) is 19.0. The first-order valence-electron chi connectivity index (χ1n) is 9.67. The Balaban J connectivity index is 1.45. The maximum absolute atomic E-state index is 13.6. The number of halogens is 3. The van der Waals surface area contributed by atoms with Gasteiger partial charge in [-0.05, 0) is 66.4 Å². The first-order chi connectivity index (χ1) is 14.5. The molecule has 30 heavy (non-hydrogen) atoms. The fourth-order valence-electron chi connectivity index (χ4n) is 3.30. The Hall–Kier alpha value is -2.83. The van der Waals surface area contributed by atoms with Gasteiger partial charge in [0.2, 0.25) is 0 Å². The van der Waals surface area contributed by atoms with Gasteiger partial charge in [0.25, 0.3) is 5.91 Å². The van der Waals surface area contributed by atoms with Crippen molar-refractivity contribution >= 4 is 23.2 Å². The molecule has 1 saturated carbocycles. The van der Waals surface area contributed by atoms with Crippen LogP contribution in [0.25, 0.3) is 0 Å². The lowest BCUT2D eigenvalue weighted by Gasteiger charge is -2.22. The molecule has 0 bridgehead atoms. The molecule has 1 aliphatic carbocycles. The molecule has 1 amide bonds. The number of hydrogen-bond donors (Lipinski definition) is 1. The molecule has 1 fully saturated rings. The zero-order chi connectivity index (χ0) is 21.1. The Bertz CT molecular complexity index is 1050. The molecule has 0 aliphatic heterocycles. The van der Waals surface area contributed by atoms with Gasteiger partial charge >= 0.3 is 0 Å². The first-order valence-corrected chi connectivity index (χ1v) is 10.0. The summed E-state index contributed by atoms with van der Waals surface area (Å²) < 4.78 is 26.8. The number of nitrogens with one attached hydrogen (secondary N) is 1. The van der Waals surface area contributed by atoms with Gasteiger partial charge in [-0.25, -0.2) is 8.78 Å². The van der Waals surface area contributed by atoms with Crippen molar-refractivity contribution in [1.29, 1.82) is 0 Å². The van der Waals surface area contributed by atoms with Crippen LogP contribution in [0.3, 0.4) is 0 Å². The van der Waals surface area contributed by atoms with Crippen LogP contribution in [0.4, 0.5) is 14.5 Å². The lowest BCUT2D eigenvalue weighted by atomic mass is 10.1. The third kappa shape index (κ3) is 5.20. The highest BCUT2D eigenvalue weighted by Gasteiger charge is 2.29. The average molecular weight is 428 g/mol. The lowest BCUT2D eigenvalue weighted by Crippen LogP contribution is -2.25. The largest absolute Gasteiger partial charge is 0.322 e. The summed E-state index contributed by atoms with van der Waals surface area (Å²) in [5.41, 5.74) is 2.69. The van der Waals surface area contributed by atoms with Gasteiger partial charge in [0.1, 0.15) is 0 Å². The molecule has 4 rings (SSSR count). The van der Waals surface area contributed by atoms with E-state index in [2.05, 4.69) is 15.2 Å². The summed E-state index contributed by atoms with van der Waals surface area (Å²) in [6, 6.07) is 13.1. The summed E-state index contributed by atoms with van der Waals surface area (Å²) >= 11 is 5.87. The number of carbonyl (C=O) groups excluding carboxylic acids is 1. The molecule has 0 saturated heterocycles. The van der Waals surface area contributed by atoms with Crippen molar-refractivity contribution in [2.24, 2.45) is 0 Å². The predicted octanol–water partition coefficient (Wildman–Crippen LogP) is 5.43. The fourth-order valence-corrected chi connectivity index (χ4v) is 3.42. The maximum atomic E-state index is 13.6. The molecule has 2 aromatic carbocycles. The van der Waals surface area contributed by atoms with Gasteiger partial charge < -0.3 is 5.32 Å². The van der Waals surface area contributed by atoms with E-state index in [1.807, 2.05) is 0 Å². The predicted molar refractivity (Wildman–Crippen MR) is 112 cm³/mol. The molecule has 0 atom stereocenters. The molecule has 154 valence electrons. The van der Waals surface area contributed by atoms with E-state index in [0.717, 1.165) is 24.5 Å². The lowest BCUT2D eigenvalue weighted by molar-refractivity contribution is 0.102. The van der Waals surface area contributed by atoms with Crippen LogP contribution in [0.5, 0.6) is 0 Å². The molecule has 1 N–H and O–H groups in total. The van der Waals surface area contributed by atoms with Gasteiger partial charge in [-0.2, -0.15) is 0 Å². The molecular weight excluding hydrogens is 408 g/mol. The van der Waals surface area contributed by atoms with Crippen molar-refractivity contribution in [3.8, 4) is 0 Å². The summed E-state index contributed by atoms with van der Waals surface area (Å²) in [7, 11) is 0. The average Bonchev–Trinajstić information content (AvgIpc) is 3.57. The van der Waals surface area contributed by atoms with Gasteiger partial charge in [0.05, 0.1) is 5.56 Å². The van der Waals surface area contributed by atoms with Gasteiger partial charge in [0.15, 0.2) is 11.6 Å². The van der Waals surface area contributed by atoms with Crippen LogP contribution in [0.2, 0.25) is 5.02 Å². The standard InChI is InChI=1S/C23H20ClF2N3O/c24-18-2-4-19(5-3-18)28-23(30)17-9-16(11-27-12-17)14-29(20-6-7-20)13-15-1-8-21(25)22(26)10-15/h1-5,8-12,20H,6-7,13-14H2,(H,28,30). The minimum atomic E-state index is -0.847. The molecule has 1 aliphatic rings. The fraction of sp³-hybridized carbons (Fsp3) is 0.217. The molecule has 0 spiro atoms. The highest BCUT2D eigenvalue weighted by molar-refractivity contribution is 6.30. The maximum Gasteiger partial charge on any atom is 0.257 e. The molecule has 4 nitrogen and oxygen atoms in total. The second-order valence-electron chi connectivity index (χ2n) is 7.43. The zero-order valence-corrected chi connectivity index (χ0v) is 16.9. The molecule has 7 heteroatoms. The van der Waals surface area contributed by atoms with E-state index in [1.165, 1.54) is 12.3 Å². The van der Waals surface area contributed by atoms with E-state index in [0.29, 0.717) is 41.0 Å². The normalized spacial score (nSPS) is 13.5. The first kappa shape index (κ1) is 20.4. The number of pyridine rings is 1. The SMILES string of the molecule is O=C(Nc1ccc(Cl)cc1)c1cncc(CN(Cc2ccc(F)c(F)c2)C2CC2)c1. The Morgan fingerprint density at radius 3 is 2.43 bits per heavy atom. The highest BCUT2D eigenvalue weighted by Crippen LogP contribution is 2.30. The quantitative estimate of drug-likeness (QED) is 0.546. The van der Waals surface area contributed by atoms with Gasteiger partial charge in [-0.3, -0.25) is 14.7 Å². The highest BCUT2D eigenvalue weighted by atomic mass is 35.5. The summed E-state index contributed by atoms with van der Waals surface area (Å²) in [6.07, 6.45) is 5.37. The molecule has 0 radical (unpaired) electrons.